The van der Waals surface area contributed by atoms with Crippen LogP contribution in [0, 0.1) is 5.82 Å². The van der Waals surface area contributed by atoms with Crippen LogP contribution in [0.25, 0.3) is 0 Å². The molecule has 0 aliphatic carbocycles. The minimum absolute atomic E-state index is 0.0536. The van der Waals surface area contributed by atoms with Crippen molar-refractivity contribution >= 4 is 21.8 Å². The minimum Gasteiger partial charge on any atom is -0.459 e. The van der Waals surface area contributed by atoms with E-state index in [0.717, 1.165) is 17.7 Å². The molecule has 0 saturated heterocycles. The van der Waals surface area contributed by atoms with Crippen LogP contribution in [0.5, 0.6) is 0 Å². The third-order valence-corrected chi connectivity index (χ3v) is 5.98. The standard InChI is InChI=1S/C22H22FN3O5S/c23-17-9-4-5-11-20(17)32(29,30)26-18(15-16-7-2-1-3-8-16)21(27)24-12-13-25-22(28)19-10-6-14-31-19/h1-11,14,18,26H,12-13,15H2,(H,24,27)(H,25,28)/t18-/m0/s1. The van der Waals surface area contributed by atoms with E-state index in [1.54, 1.807) is 36.4 Å². The highest BCUT2D eigenvalue weighted by Gasteiger charge is 2.27. The average Bonchev–Trinajstić information content (AvgIpc) is 3.32. The Morgan fingerprint density at radius 1 is 0.906 bits per heavy atom. The Balaban J connectivity index is 1.66. The van der Waals surface area contributed by atoms with Crippen LogP contribution in [0.15, 0.2) is 82.3 Å². The van der Waals surface area contributed by atoms with Gasteiger partial charge in [-0.2, -0.15) is 4.72 Å². The molecule has 0 bridgehead atoms. The van der Waals surface area contributed by atoms with E-state index in [4.69, 9.17) is 4.42 Å². The number of sulfonamides is 1. The summed E-state index contributed by atoms with van der Waals surface area (Å²) in [6, 6.07) is 15.6. The maximum absolute atomic E-state index is 14.0. The van der Waals surface area contributed by atoms with Crippen molar-refractivity contribution in [1.82, 2.24) is 15.4 Å². The Bertz CT molecular complexity index is 1150. The normalized spacial score (nSPS) is 12.2. The second-order valence-corrected chi connectivity index (χ2v) is 8.50. The summed E-state index contributed by atoms with van der Waals surface area (Å²) in [5.41, 5.74) is 0.718. The fourth-order valence-electron chi connectivity index (χ4n) is 2.93. The summed E-state index contributed by atoms with van der Waals surface area (Å²) < 4.78 is 46.7. The molecule has 3 aromatic rings. The van der Waals surface area contributed by atoms with Gasteiger partial charge in [0.2, 0.25) is 15.9 Å². The summed E-state index contributed by atoms with van der Waals surface area (Å²) in [6.45, 7) is 0.154. The number of carbonyl (C=O) groups is 2. The fraction of sp³-hybridized carbons (Fsp3) is 0.182. The molecule has 0 spiro atoms. The highest BCUT2D eigenvalue weighted by Crippen LogP contribution is 2.15. The van der Waals surface area contributed by atoms with Crippen molar-refractivity contribution in [3.63, 3.8) is 0 Å². The van der Waals surface area contributed by atoms with Crippen LogP contribution in [0.1, 0.15) is 16.1 Å². The minimum atomic E-state index is -4.30. The highest BCUT2D eigenvalue weighted by atomic mass is 32.2. The van der Waals surface area contributed by atoms with Gasteiger partial charge in [-0.3, -0.25) is 9.59 Å². The van der Waals surface area contributed by atoms with Gasteiger partial charge in [0.15, 0.2) is 5.76 Å². The lowest BCUT2D eigenvalue weighted by molar-refractivity contribution is -0.122. The fourth-order valence-corrected chi connectivity index (χ4v) is 4.21. The number of amides is 2. The predicted octanol–water partition coefficient (Wildman–Crippen LogP) is 1.85. The molecule has 2 aromatic carbocycles. The molecule has 0 saturated carbocycles. The molecule has 8 nitrogen and oxygen atoms in total. The van der Waals surface area contributed by atoms with Gasteiger partial charge in [0.05, 0.1) is 6.26 Å². The zero-order valence-electron chi connectivity index (χ0n) is 17.0. The zero-order valence-corrected chi connectivity index (χ0v) is 17.8. The number of carbonyl (C=O) groups excluding carboxylic acids is 2. The SMILES string of the molecule is O=C(NCCNC(=O)[C@H](Cc1ccccc1)NS(=O)(=O)c1ccccc1F)c1ccco1. The van der Waals surface area contributed by atoms with Crippen LogP contribution in [0.4, 0.5) is 4.39 Å². The van der Waals surface area contributed by atoms with E-state index in [2.05, 4.69) is 15.4 Å². The molecule has 0 aliphatic rings. The zero-order chi connectivity index (χ0) is 23.0. The Morgan fingerprint density at radius 2 is 1.59 bits per heavy atom. The number of hydrogen-bond acceptors (Lipinski definition) is 5. The third kappa shape index (κ3) is 6.25. The Kier molecular flexibility index (Phi) is 7.74. The van der Waals surface area contributed by atoms with Gasteiger partial charge in [0.1, 0.15) is 16.8 Å². The van der Waals surface area contributed by atoms with Gasteiger partial charge in [-0.05, 0) is 36.2 Å². The van der Waals surface area contributed by atoms with Crippen molar-refractivity contribution in [2.24, 2.45) is 0 Å². The predicted molar refractivity (Wildman–Crippen MR) is 115 cm³/mol. The molecule has 3 N–H and O–H groups in total. The number of nitrogens with one attached hydrogen (secondary N) is 3. The third-order valence-electron chi connectivity index (χ3n) is 4.48. The second kappa shape index (κ2) is 10.7. The van der Waals surface area contributed by atoms with Gasteiger partial charge in [-0.15, -0.1) is 0 Å². The second-order valence-electron chi connectivity index (χ2n) is 6.82. The first-order chi connectivity index (χ1) is 15.4. The van der Waals surface area contributed by atoms with Crippen LogP contribution in [0.3, 0.4) is 0 Å². The molecule has 0 fully saturated rings. The van der Waals surface area contributed by atoms with E-state index in [1.165, 1.54) is 24.5 Å². The molecule has 168 valence electrons. The van der Waals surface area contributed by atoms with Crippen molar-refractivity contribution in [2.75, 3.05) is 13.1 Å². The molecule has 1 atom stereocenters. The summed E-state index contributed by atoms with van der Waals surface area (Å²) in [4.78, 5) is 24.1. The molecular formula is C22H22FN3O5S. The molecule has 0 unspecified atom stereocenters. The largest absolute Gasteiger partial charge is 0.459 e. The van der Waals surface area contributed by atoms with Crippen LogP contribution < -0.4 is 15.4 Å². The molecule has 3 rings (SSSR count). The van der Waals surface area contributed by atoms with Crippen LogP contribution in [-0.4, -0.2) is 39.4 Å². The number of furan rings is 1. The van der Waals surface area contributed by atoms with Gasteiger partial charge in [0.25, 0.3) is 5.91 Å². The van der Waals surface area contributed by atoms with E-state index in [0.29, 0.717) is 0 Å². The summed E-state index contributed by atoms with van der Waals surface area (Å²) in [5, 5.41) is 5.16. The molecule has 2 amide bonds. The molecule has 1 aromatic heterocycles. The van der Waals surface area contributed by atoms with Crippen molar-refractivity contribution < 1.29 is 26.8 Å². The first-order valence-corrected chi connectivity index (χ1v) is 11.3. The molecular weight excluding hydrogens is 437 g/mol. The lowest BCUT2D eigenvalue weighted by Crippen LogP contribution is -2.49. The van der Waals surface area contributed by atoms with Crippen LogP contribution in [0.2, 0.25) is 0 Å². The topological polar surface area (TPSA) is 118 Å². The Labute approximate surface area is 184 Å². The van der Waals surface area contributed by atoms with E-state index >= 15 is 0 Å². The van der Waals surface area contributed by atoms with Crippen molar-refractivity contribution in [2.45, 2.75) is 17.4 Å². The number of halogens is 1. The van der Waals surface area contributed by atoms with E-state index in [9.17, 15) is 22.4 Å². The quantitative estimate of drug-likeness (QED) is 0.400. The van der Waals surface area contributed by atoms with Crippen LogP contribution in [-0.2, 0) is 21.2 Å². The monoisotopic (exact) mass is 459 g/mol. The number of benzene rings is 2. The summed E-state index contributed by atoms with van der Waals surface area (Å²) in [6.07, 6.45) is 1.42. The average molecular weight is 459 g/mol. The molecule has 1 heterocycles. The van der Waals surface area contributed by atoms with Gasteiger partial charge in [-0.1, -0.05) is 42.5 Å². The molecule has 10 heteroatoms. The Hall–Kier alpha value is -3.50. The van der Waals surface area contributed by atoms with Gasteiger partial charge < -0.3 is 15.1 Å². The van der Waals surface area contributed by atoms with E-state index in [-0.39, 0.29) is 25.3 Å². The molecule has 0 aliphatic heterocycles. The van der Waals surface area contributed by atoms with Gasteiger partial charge >= 0.3 is 0 Å². The van der Waals surface area contributed by atoms with Gasteiger partial charge in [0, 0.05) is 13.1 Å². The maximum atomic E-state index is 14.0. The lowest BCUT2D eigenvalue weighted by atomic mass is 10.1. The van der Waals surface area contributed by atoms with Crippen LogP contribution >= 0.6 is 0 Å². The maximum Gasteiger partial charge on any atom is 0.287 e. The highest BCUT2D eigenvalue weighted by molar-refractivity contribution is 7.89. The van der Waals surface area contributed by atoms with Crippen molar-refractivity contribution in [3.05, 3.63) is 90.1 Å². The van der Waals surface area contributed by atoms with Crippen molar-refractivity contribution in [3.8, 4) is 0 Å². The molecule has 32 heavy (non-hydrogen) atoms. The first-order valence-electron chi connectivity index (χ1n) is 9.77. The summed E-state index contributed by atoms with van der Waals surface area (Å²) in [5.74, 6) is -1.83. The lowest BCUT2D eigenvalue weighted by Gasteiger charge is -2.19. The summed E-state index contributed by atoms with van der Waals surface area (Å²) >= 11 is 0. The Morgan fingerprint density at radius 3 is 2.28 bits per heavy atom. The van der Waals surface area contributed by atoms with E-state index < -0.39 is 38.6 Å². The van der Waals surface area contributed by atoms with Crippen molar-refractivity contribution in [1.29, 1.82) is 0 Å². The molecule has 0 radical (unpaired) electrons. The number of hydrogen-bond donors (Lipinski definition) is 3. The smallest absolute Gasteiger partial charge is 0.287 e. The van der Waals surface area contributed by atoms with E-state index in [1.807, 2.05) is 0 Å². The number of rotatable bonds is 10. The summed E-state index contributed by atoms with van der Waals surface area (Å²) in [7, 11) is -4.30. The van der Waals surface area contributed by atoms with Gasteiger partial charge in [-0.25, -0.2) is 12.8 Å². The first kappa shape index (κ1) is 23.2.